The normalized spacial score (nSPS) is 12.8. The Balaban J connectivity index is 2.44. The van der Waals surface area contributed by atoms with Gasteiger partial charge in [-0.2, -0.15) is 5.10 Å². The zero-order chi connectivity index (χ0) is 14.1. The summed E-state index contributed by atoms with van der Waals surface area (Å²) in [4.78, 5) is 0. The molecule has 0 aliphatic rings. The van der Waals surface area contributed by atoms with Crippen molar-refractivity contribution < 1.29 is 0 Å². The molecular formula is C15H28ClN3. The number of hydrogen-bond donors (Lipinski definition) is 1. The minimum atomic E-state index is 0.700. The Labute approximate surface area is 122 Å². The zero-order valence-electron chi connectivity index (χ0n) is 12.6. The Hall–Kier alpha value is -0.540. The molecule has 0 aliphatic carbocycles. The smallest absolute Gasteiger partial charge is 0.0625 e. The Morgan fingerprint density at radius 2 is 2.11 bits per heavy atom. The van der Waals surface area contributed by atoms with Gasteiger partial charge in [-0.1, -0.05) is 20.3 Å². The third-order valence-corrected chi connectivity index (χ3v) is 3.75. The van der Waals surface area contributed by atoms with Crippen LogP contribution >= 0.6 is 11.6 Å². The molecule has 4 heteroatoms. The summed E-state index contributed by atoms with van der Waals surface area (Å²) in [7, 11) is 0. The van der Waals surface area contributed by atoms with Crippen LogP contribution in [0.15, 0.2) is 6.07 Å². The Morgan fingerprint density at radius 3 is 2.68 bits per heavy atom. The fourth-order valence-electron chi connectivity index (χ4n) is 2.42. The summed E-state index contributed by atoms with van der Waals surface area (Å²) in [6, 6.07) is 2.22. The summed E-state index contributed by atoms with van der Waals surface area (Å²) in [6.45, 7) is 9.43. The van der Waals surface area contributed by atoms with E-state index in [1.807, 2.05) is 0 Å². The van der Waals surface area contributed by atoms with Gasteiger partial charge in [-0.3, -0.25) is 4.68 Å². The molecule has 0 saturated carbocycles. The van der Waals surface area contributed by atoms with Crippen LogP contribution < -0.4 is 5.32 Å². The maximum atomic E-state index is 5.86. The Morgan fingerprint density at radius 1 is 1.32 bits per heavy atom. The van der Waals surface area contributed by atoms with Gasteiger partial charge in [0.25, 0.3) is 0 Å². The number of halogens is 1. The van der Waals surface area contributed by atoms with Crippen LogP contribution in [-0.4, -0.2) is 22.2 Å². The highest BCUT2D eigenvalue weighted by molar-refractivity contribution is 6.17. The van der Waals surface area contributed by atoms with Gasteiger partial charge in [0.15, 0.2) is 0 Å². The van der Waals surface area contributed by atoms with Crippen molar-refractivity contribution in [2.24, 2.45) is 5.92 Å². The molecular weight excluding hydrogens is 258 g/mol. The van der Waals surface area contributed by atoms with Crippen LogP contribution in [0.5, 0.6) is 0 Å². The molecule has 1 N–H and O–H groups in total. The lowest BCUT2D eigenvalue weighted by molar-refractivity contribution is 0.425. The molecule has 1 unspecified atom stereocenters. The second-order valence-electron chi connectivity index (χ2n) is 5.06. The molecule has 1 aromatic heterocycles. The van der Waals surface area contributed by atoms with Crippen LogP contribution in [0.2, 0.25) is 0 Å². The third kappa shape index (κ3) is 5.53. The SMILES string of the molecule is CCCC(CCCl)CNCc1cc(CC)nn1CC. The molecule has 110 valence electrons. The van der Waals surface area contributed by atoms with E-state index in [4.69, 9.17) is 11.6 Å². The van der Waals surface area contributed by atoms with E-state index in [1.54, 1.807) is 0 Å². The Kier molecular flexibility index (Phi) is 8.15. The molecule has 19 heavy (non-hydrogen) atoms. The summed E-state index contributed by atoms with van der Waals surface area (Å²) in [5.41, 5.74) is 2.48. The van der Waals surface area contributed by atoms with Gasteiger partial charge < -0.3 is 5.32 Å². The van der Waals surface area contributed by atoms with E-state index < -0.39 is 0 Å². The van der Waals surface area contributed by atoms with Crippen LogP contribution in [0, 0.1) is 5.92 Å². The number of aryl methyl sites for hydroxylation is 2. The highest BCUT2D eigenvalue weighted by Crippen LogP contribution is 2.12. The number of hydrogen-bond acceptors (Lipinski definition) is 2. The zero-order valence-corrected chi connectivity index (χ0v) is 13.3. The number of nitrogens with zero attached hydrogens (tertiary/aromatic N) is 2. The van der Waals surface area contributed by atoms with Crippen LogP contribution in [0.3, 0.4) is 0 Å². The van der Waals surface area contributed by atoms with Gasteiger partial charge in [0.05, 0.1) is 11.4 Å². The van der Waals surface area contributed by atoms with Crippen LogP contribution in [0.1, 0.15) is 51.4 Å². The molecule has 0 aliphatic heterocycles. The summed E-state index contributed by atoms with van der Waals surface area (Å²) >= 11 is 5.86. The van der Waals surface area contributed by atoms with E-state index in [1.165, 1.54) is 24.2 Å². The highest BCUT2D eigenvalue weighted by Gasteiger charge is 2.09. The lowest BCUT2D eigenvalue weighted by Gasteiger charge is -2.15. The van der Waals surface area contributed by atoms with Gasteiger partial charge >= 0.3 is 0 Å². The fraction of sp³-hybridized carbons (Fsp3) is 0.800. The molecule has 1 aromatic rings. The van der Waals surface area contributed by atoms with Crippen molar-refractivity contribution in [2.45, 2.75) is 59.5 Å². The van der Waals surface area contributed by atoms with Gasteiger partial charge in [-0.15, -0.1) is 11.6 Å². The molecule has 0 fully saturated rings. The molecule has 1 atom stereocenters. The number of alkyl halides is 1. The van der Waals surface area contributed by atoms with Gasteiger partial charge in [0.1, 0.15) is 0 Å². The van der Waals surface area contributed by atoms with E-state index in [-0.39, 0.29) is 0 Å². The van der Waals surface area contributed by atoms with Crippen molar-refractivity contribution in [1.82, 2.24) is 15.1 Å². The van der Waals surface area contributed by atoms with Gasteiger partial charge in [0, 0.05) is 19.0 Å². The summed E-state index contributed by atoms with van der Waals surface area (Å²) < 4.78 is 2.10. The first kappa shape index (κ1) is 16.5. The number of rotatable bonds is 10. The van der Waals surface area contributed by atoms with Crippen molar-refractivity contribution in [2.75, 3.05) is 12.4 Å². The largest absolute Gasteiger partial charge is 0.311 e. The van der Waals surface area contributed by atoms with E-state index in [9.17, 15) is 0 Å². The van der Waals surface area contributed by atoms with Crippen LogP contribution in [0.4, 0.5) is 0 Å². The van der Waals surface area contributed by atoms with Gasteiger partial charge in [-0.05, 0) is 44.7 Å². The van der Waals surface area contributed by atoms with E-state index in [0.717, 1.165) is 38.4 Å². The molecule has 1 rings (SSSR count). The van der Waals surface area contributed by atoms with Crippen molar-refractivity contribution >= 4 is 11.6 Å². The summed E-state index contributed by atoms with van der Waals surface area (Å²) in [5, 5.41) is 8.14. The molecule has 0 aromatic carbocycles. The average molecular weight is 286 g/mol. The number of aromatic nitrogens is 2. The van der Waals surface area contributed by atoms with E-state index in [2.05, 4.69) is 41.9 Å². The van der Waals surface area contributed by atoms with Crippen LogP contribution in [-0.2, 0) is 19.5 Å². The monoisotopic (exact) mass is 285 g/mol. The minimum absolute atomic E-state index is 0.700. The molecule has 0 radical (unpaired) electrons. The summed E-state index contributed by atoms with van der Waals surface area (Å²) in [6.07, 6.45) is 4.60. The molecule has 0 saturated heterocycles. The fourth-order valence-corrected chi connectivity index (χ4v) is 2.73. The van der Waals surface area contributed by atoms with Gasteiger partial charge in [0.2, 0.25) is 0 Å². The maximum absolute atomic E-state index is 5.86. The first-order chi connectivity index (χ1) is 9.24. The molecule has 0 amide bonds. The highest BCUT2D eigenvalue weighted by atomic mass is 35.5. The van der Waals surface area contributed by atoms with Crippen LogP contribution in [0.25, 0.3) is 0 Å². The van der Waals surface area contributed by atoms with Crippen molar-refractivity contribution in [3.05, 3.63) is 17.5 Å². The standard InChI is InChI=1S/C15H28ClN3/c1-4-7-13(8-9-16)11-17-12-15-10-14(5-2)18-19(15)6-3/h10,13,17H,4-9,11-12H2,1-3H3. The third-order valence-electron chi connectivity index (χ3n) is 3.53. The van der Waals surface area contributed by atoms with E-state index in [0.29, 0.717) is 5.92 Å². The van der Waals surface area contributed by atoms with Crippen molar-refractivity contribution in [1.29, 1.82) is 0 Å². The average Bonchev–Trinajstić information content (AvgIpc) is 2.82. The van der Waals surface area contributed by atoms with Crippen molar-refractivity contribution in [3.8, 4) is 0 Å². The predicted octanol–water partition coefficient (Wildman–Crippen LogP) is 3.60. The molecule has 0 spiro atoms. The predicted molar refractivity (Wildman–Crippen MR) is 82.7 cm³/mol. The van der Waals surface area contributed by atoms with Crippen molar-refractivity contribution in [3.63, 3.8) is 0 Å². The Bertz CT molecular complexity index is 343. The molecule has 1 heterocycles. The van der Waals surface area contributed by atoms with Gasteiger partial charge in [-0.25, -0.2) is 0 Å². The quantitative estimate of drug-likeness (QED) is 0.666. The number of nitrogens with one attached hydrogen (secondary N) is 1. The minimum Gasteiger partial charge on any atom is -0.311 e. The lowest BCUT2D eigenvalue weighted by atomic mass is 10.0. The summed E-state index contributed by atoms with van der Waals surface area (Å²) in [5.74, 6) is 1.46. The second-order valence-corrected chi connectivity index (χ2v) is 5.44. The first-order valence-electron chi connectivity index (χ1n) is 7.57. The lowest BCUT2D eigenvalue weighted by Crippen LogP contribution is -2.24. The molecule has 0 bridgehead atoms. The first-order valence-corrected chi connectivity index (χ1v) is 8.10. The second kappa shape index (κ2) is 9.38. The topological polar surface area (TPSA) is 29.9 Å². The maximum Gasteiger partial charge on any atom is 0.0625 e. The van der Waals surface area contributed by atoms with E-state index >= 15 is 0 Å². The molecule has 3 nitrogen and oxygen atoms in total.